The van der Waals surface area contributed by atoms with Gasteiger partial charge in [-0.1, -0.05) is 103 Å². The van der Waals surface area contributed by atoms with Gasteiger partial charge in [-0.15, -0.1) is 0 Å². The van der Waals surface area contributed by atoms with Crippen LogP contribution in [0.2, 0.25) is 0 Å². The predicted octanol–water partition coefficient (Wildman–Crippen LogP) is 7.87. The number of allylic oxidation sites excluding steroid dienone is 2. The van der Waals surface area contributed by atoms with Crippen molar-refractivity contribution in [1.29, 1.82) is 0 Å². The van der Waals surface area contributed by atoms with Crippen molar-refractivity contribution < 1.29 is 19.8 Å². The molecule has 0 atom stereocenters. The fraction of sp³-hybridized carbons (Fsp3) is 0.852. The smallest absolute Gasteiger partial charge is 0.303 e. The summed E-state index contributed by atoms with van der Waals surface area (Å²) in [6.07, 6.45) is 29.9. The van der Waals surface area contributed by atoms with Crippen LogP contribution in [0.25, 0.3) is 0 Å². The van der Waals surface area contributed by atoms with Gasteiger partial charge < -0.3 is 15.9 Å². The van der Waals surface area contributed by atoms with Crippen molar-refractivity contribution in [2.75, 3.05) is 6.54 Å². The second kappa shape index (κ2) is 29.6. The Morgan fingerprint density at radius 1 is 0.562 bits per heavy atom. The first-order chi connectivity index (χ1) is 15.5. The number of aliphatic carboxylic acids is 2. The van der Waals surface area contributed by atoms with E-state index in [1.807, 2.05) is 0 Å². The molecule has 0 aliphatic carbocycles. The highest BCUT2D eigenvalue weighted by molar-refractivity contribution is 5.69. The molecule has 0 fully saturated rings. The number of hydrogen-bond acceptors (Lipinski definition) is 3. The largest absolute Gasteiger partial charge is 0.481 e. The minimum absolute atomic E-state index is 0.0632. The van der Waals surface area contributed by atoms with Crippen molar-refractivity contribution in [3.8, 4) is 0 Å². The summed E-state index contributed by atoms with van der Waals surface area (Å²) < 4.78 is 0. The van der Waals surface area contributed by atoms with E-state index in [0.717, 1.165) is 6.54 Å². The molecule has 0 bridgehead atoms. The van der Waals surface area contributed by atoms with Crippen LogP contribution < -0.4 is 5.73 Å². The maximum Gasteiger partial charge on any atom is 0.303 e. The zero-order chi connectivity index (χ0) is 24.1. The summed E-state index contributed by atoms with van der Waals surface area (Å²) in [5, 5.41) is 16.1. The van der Waals surface area contributed by atoms with Gasteiger partial charge in [-0.25, -0.2) is 0 Å². The summed E-state index contributed by atoms with van der Waals surface area (Å²) in [7, 11) is 0. The molecular formula is C27H53NO4. The third kappa shape index (κ3) is 36.0. The summed E-state index contributed by atoms with van der Waals surface area (Å²) in [5.74, 6) is -1.90. The fourth-order valence-corrected chi connectivity index (χ4v) is 3.49. The molecule has 190 valence electrons. The molecule has 0 amide bonds. The quantitative estimate of drug-likeness (QED) is 0.107. The average Bonchev–Trinajstić information content (AvgIpc) is 2.75. The van der Waals surface area contributed by atoms with Crippen LogP contribution in [0.15, 0.2) is 12.2 Å². The predicted molar refractivity (Wildman–Crippen MR) is 136 cm³/mol. The van der Waals surface area contributed by atoms with Crippen molar-refractivity contribution in [3.63, 3.8) is 0 Å². The van der Waals surface area contributed by atoms with Crippen molar-refractivity contribution in [3.05, 3.63) is 12.2 Å². The van der Waals surface area contributed by atoms with Crippen LogP contribution in [0, 0.1) is 0 Å². The van der Waals surface area contributed by atoms with E-state index in [1.165, 1.54) is 116 Å². The molecule has 0 saturated heterocycles. The average molecular weight is 456 g/mol. The fourth-order valence-electron chi connectivity index (χ4n) is 3.49. The van der Waals surface area contributed by atoms with E-state index in [0.29, 0.717) is 0 Å². The maximum atomic E-state index is 9.79. The Bertz CT molecular complexity index is 410. The van der Waals surface area contributed by atoms with Crippen LogP contribution in [-0.2, 0) is 9.59 Å². The van der Waals surface area contributed by atoms with E-state index in [1.54, 1.807) is 0 Å². The lowest BCUT2D eigenvalue weighted by Gasteiger charge is -2.01. The highest BCUT2D eigenvalue weighted by atomic mass is 16.4. The third-order valence-corrected chi connectivity index (χ3v) is 5.50. The zero-order valence-corrected chi connectivity index (χ0v) is 21.0. The van der Waals surface area contributed by atoms with Gasteiger partial charge in [-0.05, 0) is 45.1 Å². The van der Waals surface area contributed by atoms with Crippen LogP contribution in [0.3, 0.4) is 0 Å². The van der Waals surface area contributed by atoms with E-state index in [4.69, 9.17) is 15.9 Å². The van der Waals surface area contributed by atoms with Gasteiger partial charge in [0.25, 0.3) is 0 Å². The normalized spacial score (nSPS) is 10.8. The number of carbonyl (C=O) groups is 2. The lowest BCUT2D eigenvalue weighted by molar-refractivity contribution is -0.138. The second-order valence-electron chi connectivity index (χ2n) is 8.78. The second-order valence-corrected chi connectivity index (χ2v) is 8.78. The third-order valence-electron chi connectivity index (χ3n) is 5.50. The van der Waals surface area contributed by atoms with Crippen LogP contribution >= 0.6 is 0 Å². The molecule has 0 spiro atoms. The molecule has 5 heteroatoms. The molecule has 4 N–H and O–H groups in total. The van der Waals surface area contributed by atoms with Crippen LogP contribution in [0.4, 0.5) is 0 Å². The zero-order valence-electron chi connectivity index (χ0n) is 21.0. The highest BCUT2D eigenvalue weighted by Crippen LogP contribution is 2.12. The van der Waals surface area contributed by atoms with Gasteiger partial charge in [-0.3, -0.25) is 9.59 Å². The van der Waals surface area contributed by atoms with Crippen molar-refractivity contribution in [2.24, 2.45) is 5.73 Å². The van der Waals surface area contributed by atoms with Gasteiger partial charge in [0.05, 0.1) is 0 Å². The summed E-state index contributed by atoms with van der Waals surface area (Å²) in [6, 6.07) is 0. The van der Waals surface area contributed by atoms with E-state index >= 15 is 0 Å². The highest BCUT2D eigenvalue weighted by Gasteiger charge is 1.99. The first-order valence-corrected chi connectivity index (χ1v) is 13.3. The molecule has 0 aromatic carbocycles. The number of rotatable bonds is 23. The molecule has 0 unspecified atom stereocenters. The van der Waals surface area contributed by atoms with Gasteiger partial charge in [0, 0.05) is 12.8 Å². The van der Waals surface area contributed by atoms with E-state index in [-0.39, 0.29) is 19.3 Å². The molecular weight excluding hydrogens is 402 g/mol. The van der Waals surface area contributed by atoms with Crippen molar-refractivity contribution in [1.82, 2.24) is 0 Å². The van der Waals surface area contributed by atoms with Crippen LogP contribution in [0.1, 0.15) is 142 Å². The Morgan fingerprint density at radius 3 is 1.25 bits per heavy atom. The molecule has 0 radical (unpaired) electrons. The Balaban J connectivity index is 0. The van der Waals surface area contributed by atoms with Crippen LogP contribution in [-0.4, -0.2) is 28.7 Å². The topological polar surface area (TPSA) is 101 Å². The first-order valence-electron chi connectivity index (χ1n) is 13.3. The Kier molecular flexibility index (Phi) is 30.4. The lowest BCUT2D eigenvalue weighted by Crippen LogP contribution is -1.98. The van der Waals surface area contributed by atoms with Crippen LogP contribution in [0.5, 0.6) is 0 Å². The summed E-state index contributed by atoms with van der Waals surface area (Å²) in [4.78, 5) is 19.6. The molecule has 0 rings (SSSR count). The monoisotopic (exact) mass is 455 g/mol. The Hall–Kier alpha value is -1.36. The number of unbranched alkanes of at least 4 members (excludes halogenated alkanes) is 16. The lowest BCUT2D eigenvalue weighted by atomic mass is 10.1. The molecule has 0 heterocycles. The van der Waals surface area contributed by atoms with Gasteiger partial charge >= 0.3 is 11.9 Å². The SMILES string of the molecule is CCCCCCCCC=CCCCCCCCCCCCCN.O=C(O)CCCC(=O)O. The molecule has 5 nitrogen and oxygen atoms in total. The molecule has 0 aromatic heterocycles. The summed E-state index contributed by atoms with van der Waals surface area (Å²) in [6.45, 7) is 3.15. The minimum atomic E-state index is -0.948. The van der Waals surface area contributed by atoms with Gasteiger partial charge in [0.2, 0.25) is 0 Å². The molecule has 32 heavy (non-hydrogen) atoms. The number of carboxylic acids is 2. The maximum absolute atomic E-state index is 9.79. The number of hydrogen-bond donors (Lipinski definition) is 3. The molecule has 0 aromatic rings. The molecule has 0 saturated carbocycles. The summed E-state index contributed by atoms with van der Waals surface area (Å²) >= 11 is 0. The minimum Gasteiger partial charge on any atom is -0.481 e. The number of carboxylic acid groups (broad SMARTS) is 2. The summed E-state index contributed by atoms with van der Waals surface area (Å²) in [5.41, 5.74) is 5.50. The van der Waals surface area contributed by atoms with E-state index in [9.17, 15) is 9.59 Å². The Labute approximate surface area is 198 Å². The van der Waals surface area contributed by atoms with E-state index in [2.05, 4.69) is 19.1 Å². The number of nitrogens with two attached hydrogens (primary N) is 1. The van der Waals surface area contributed by atoms with Gasteiger partial charge in [-0.2, -0.15) is 0 Å². The standard InChI is InChI=1S/C22H45N.C5H8O4/c1-2-3-4-5-6-7-8-9-10-11-12-13-14-15-16-17-18-19-20-21-22-23;6-4(7)2-1-3-5(8)9/h9-10H,2-8,11-23H2,1H3;1-3H2,(H,6,7)(H,8,9). The van der Waals surface area contributed by atoms with Crippen molar-refractivity contribution in [2.45, 2.75) is 142 Å². The van der Waals surface area contributed by atoms with E-state index < -0.39 is 11.9 Å². The molecule has 0 aliphatic rings. The first kappa shape index (κ1) is 32.8. The van der Waals surface area contributed by atoms with Gasteiger partial charge in [0.15, 0.2) is 0 Å². The molecule has 0 aliphatic heterocycles. The Morgan fingerprint density at radius 2 is 0.906 bits per heavy atom. The van der Waals surface area contributed by atoms with Crippen molar-refractivity contribution >= 4 is 11.9 Å². The van der Waals surface area contributed by atoms with Gasteiger partial charge in [0.1, 0.15) is 0 Å².